The number of carbonyl (C=O) groups excluding carboxylic acids is 1. The molecule has 0 aliphatic rings. The number of hydrogen-bond donors (Lipinski definition) is 1. The molecular weight excluding hydrogens is 289 g/mol. The Labute approximate surface area is 119 Å². The number of aryl methyl sites for hydroxylation is 1. The molecule has 0 atom stereocenters. The molecule has 0 aliphatic heterocycles. The van der Waals surface area contributed by atoms with E-state index in [2.05, 4.69) is 0 Å². The maximum Gasteiger partial charge on any atom is 0.352 e. The third-order valence-corrected chi connectivity index (χ3v) is 3.22. The Bertz CT molecular complexity index is 677. The van der Waals surface area contributed by atoms with E-state index in [1.807, 2.05) is 0 Å². The zero-order chi connectivity index (χ0) is 14.2. The van der Waals surface area contributed by atoms with Gasteiger partial charge < -0.3 is 9.67 Å². The molecule has 1 heterocycles. The summed E-state index contributed by atoms with van der Waals surface area (Å²) in [6.45, 7) is 0. The zero-order valence-electron chi connectivity index (χ0n) is 9.85. The van der Waals surface area contributed by atoms with Crippen LogP contribution >= 0.6 is 23.2 Å². The number of benzene rings is 1. The lowest BCUT2D eigenvalue weighted by Gasteiger charge is -2.02. The van der Waals surface area contributed by atoms with Gasteiger partial charge in [-0.05, 0) is 24.3 Å². The number of hydrogen-bond acceptors (Lipinski definition) is 2. The molecule has 2 aromatic rings. The van der Waals surface area contributed by atoms with E-state index in [9.17, 15) is 9.59 Å². The lowest BCUT2D eigenvalue weighted by molar-refractivity contribution is 0.0686. The molecule has 6 heteroatoms. The summed E-state index contributed by atoms with van der Waals surface area (Å²) in [5.41, 5.74) is 0.530. The molecule has 0 spiro atoms. The molecule has 0 radical (unpaired) electrons. The average Bonchev–Trinajstić information content (AvgIpc) is 2.74. The first kappa shape index (κ1) is 13.6. The van der Waals surface area contributed by atoms with Gasteiger partial charge in [-0.25, -0.2) is 4.79 Å². The highest BCUT2D eigenvalue weighted by atomic mass is 35.5. The van der Waals surface area contributed by atoms with Gasteiger partial charge >= 0.3 is 5.97 Å². The standard InChI is InChI=1S/C13H9Cl2NO3/c1-16-6-7(4-11(16)13(18)19)12(17)9-5-8(14)2-3-10(9)15/h2-6H,1H3,(H,18,19). The molecule has 19 heavy (non-hydrogen) atoms. The van der Waals surface area contributed by atoms with E-state index in [4.69, 9.17) is 28.3 Å². The molecule has 4 nitrogen and oxygen atoms in total. The first-order valence-electron chi connectivity index (χ1n) is 5.29. The van der Waals surface area contributed by atoms with Gasteiger partial charge in [0.1, 0.15) is 5.69 Å². The van der Waals surface area contributed by atoms with E-state index < -0.39 is 5.97 Å². The normalized spacial score (nSPS) is 10.5. The minimum absolute atomic E-state index is 0.0292. The lowest BCUT2D eigenvalue weighted by atomic mass is 10.1. The highest BCUT2D eigenvalue weighted by Crippen LogP contribution is 2.24. The van der Waals surface area contributed by atoms with Gasteiger partial charge in [-0.1, -0.05) is 23.2 Å². The summed E-state index contributed by atoms with van der Waals surface area (Å²) in [7, 11) is 1.56. The molecule has 1 N–H and O–H groups in total. The Balaban J connectivity index is 2.47. The zero-order valence-corrected chi connectivity index (χ0v) is 11.4. The van der Waals surface area contributed by atoms with Crippen LogP contribution in [0.4, 0.5) is 0 Å². The van der Waals surface area contributed by atoms with Crippen LogP contribution in [0.1, 0.15) is 26.4 Å². The number of aromatic nitrogens is 1. The number of halogens is 2. The first-order valence-corrected chi connectivity index (χ1v) is 6.05. The second-order valence-electron chi connectivity index (χ2n) is 3.98. The van der Waals surface area contributed by atoms with E-state index in [1.54, 1.807) is 13.1 Å². The van der Waals surface area contributed by atoms with Gasteiger partial charge in [0, 0.05) is 29.4 Å². The molecule has 0 saturated heterocycles. The van der Waals surface area contributed by atoms with Gasteiger partial charge in [-0.15, -0.1) is 0 Å². The monoisotopic (exact) mass is 297 g/mol. The van der Waals surface area contributed by atoms with E-state index >= 15 is 0 Å². The van der Waals surface area contributed by atoms with Crippen molar-refractivity contribution in [1.82, 2.24) is 4.57 Å². The van der Waals surface area contributed by atoms with Crippen LogP contribution in [0.2, 0.25) is 10.0 Å². The number of carboxylic acid groups (broad SMARTS) is 1. The molecule has 0 bridgehead atoms. The van der Waals surface area contributed by atoms with Crippen LogP contribution in [0.5, 0.6) is 0 Å². The fourth-order valence-electron chi connectivity index (χ4n) is 1.73. The number of carbonyl (C=O) groups is 2. The Morgan fingerprint density at radius 1 is 1.21 bits per heavy atom. The number of ketones is 1. The quantitative estimate of drug-likeness (QED) is 0.885. The van der Waals surface area contributed by atoms with Gasteiger partial charge in [-0.2, -0.15) is 0 Å². The minimum atomic E-state index is -1.10. The Hall–Kier alpha value is -1.78. The largest absolute Gasteiger partial charge is 0.477 e. The average molecular weight is 298 g/mol. The molecule has 0 amide bonds. The van der Waals surface area contributed by atoms with Gasteiger partial charge in [0.25, 0.3) is 0 Å². The van der Waals surface area contributed by atoms with Crippen molar-refractivity contribution in [2.45, 2.75) is 0 Å². The second kappa shape index (κ2) is 5.07. The van der Waals surface area contributed by atoms with Gasteiger partial charge in [0.15, 0.2) is 5.78 Å². The Morgan fingerprint density at radius 2 is 1.89 bits per heavy atom. The smallest absolute Gasteiger partial charge is 0.352 e. The maximum absolute atomic E-state index is 12.3. The molecule has 1 aromatic carbocycles. The van der Waals surface area contributed by atoms with Gasteiger partial charge in [0.05, 0.1) is 5.02 Å². The Kier molecular flexibility index (Phi) is 3.64. The van der Waals surface area contributed by atoms with Crippen molar-refractivity contribution in [3.63, 3.8) is 0 Å². The minimum Gasteiger partial charge on any atom is -0.477 e. The molecule has 1 aromatic heterocycles. The predicted molar refractivity (Wildman–Crippen MR) is 72.3 cm³/mol. The first-order chi connectivity index (χ1) is 8.90. The highest BCUT2D eigenvalue weighted by molar-refractivity contribution is 6.36. The van der Waals surface area contributed by atoms with E-state index in [0.717, 1.165) is 0 Å². The van der Waals surface area contributed by atoms with E-state index in [1.165, 1.54) is 29.0 Å². The third kappa shape index (κ3) is 2.64. The summed E-state index contributed by atoms with van der Waals surface area (Å²) in [6.07, 6.45) is 1.45. The summed E-state index contributed by atoms with van der Waals surface area (Å²) in [5, 5.41) is 9.61. The molecule has 0 fully saturated rings. The van der Waals surface area contributed by atoms with Crippen molar-refractivity contribution in [3.8, 4) is 0 Å². The highest BCUT2D eigenvalue weighted by Gasteiger charge is 2.18. The fraction of sp³-hybridized carbons (Fsp3) is 0.0769. The van der Waals surface area contributed by atoms with Crippen molar-refractivity contribution < 1.29 is 14.7 Å². The molecule has 98 valence electrons. The summed E-state index contributed by atoms with van der Waals surface area (Å²) in [4.78, 5) is 23.2. The van der Waals surface area contributed by atoms with Crippen LogP contribution in [-0.2, 0) is 7.05 Å². The van der Waals surface area contributed by atoms with Crippen LogP contribution in [0.3, 0.4) is 0 Å². The SMILES string of the molecule is Cn1cc(C(=O)c2cc(Cl)ccc2Cl)cc1C(=O)O. The number of nitrogens with zero attached hydrogens (tertiary/aromatic N) is 1. The predicted octanol–water partition coefficient (Wildman–Crippen LogP) is 3.26. The van der Waals surface area contributed by atoms with Crippen molar-refractivity contribution >= 4 is 35.0 Å². The summed E-state index contributed by atoms with van der Waals surface area (Å²) in [6, 6.07) is 5.87. The second-order valence-corrected chi connectivity index (χ2v) is 4.83. The fourth-order valence-corrected chi connectivity index (χ4v) is 2.10. The van der Waals surface area contributed by atoms with Crippen LogP contribution in [0.15, 0.2) is 30.5 Å². The van der Waals surface area contributed by atoms with Crippen LogP contribution in [0.25, 0.3) is 0 Å². The third-order valence-electron chi connectivity index (χ3n) is 2.66. The number of aromatic carboxylic acids is 1. The van der Waals surface area contributed by atoms with Crippen LogP contribution in [-0.4, -0.2) is 21.4 Å². The Morgan fingerprint density at radius 3 is 2.47 bits per heavy atom. The molecule has 2 rings (SSSR count). The molecule has 0 saturated carbocycles. The molecule has 0 aliphatic carbocycles. The lowest BCUT2D eigenvalue weighted by Crippen LogP contribution is -2.02. The van der Waals surface area contributed by atoms with Crippen LogP contribution in [0, 0.1) is 0 Å². The van der Waals surface area contributed by atoms with Gasteiger partial charge in [0.2, 0.25) is 0 Å². The summed E-state index contributed by atoms with van der Waals surface area (Å²) < 4.78 is 1.37. The van der Waals surface area contributed by atoms with Crippen LogP contribution < -0.4 is 0 Å². The maximum atomic E-state index is 12.3. The number of rotatable bonds is 3. The van der Waals surface area contributed by atoms with Crippen molar-refractivity contribution in [2.75, 3.05) is 0 Å². The van der Waals surface area contributed by atoms with Gasteiger partial charge in [-0.3, -0.25) is 4.79 Å². The van der Waals surface area contributed by atoms with Crippen molar-refractivity contribution in [2.24, 2.45) is 7.05 Å². The number of carboxylic acids is 1. The van der Waals surface area contributed by atoms with Crippen molar-refractivity contribution in [1.29, 1.82) is 0 Å². The topological polar surface area (TPSA) is 59.3 Å². The van der Waals surface area contributed by atoms with Crippen molar-refractivity contribution in [3.05, 3.63) is 57.3 Å². The summed E-state index contributed by atoms with van der Waals surface area (Å²) in [5.74, 6) is -1.46. The molecule has 0 unspecified atom stereocenters. The van der Waals surface area contributed by atoms with E-state index in [0.29, 0.717) is 5.02 Å². The molecular formula is C13H9Cl2NO3. The van der Waals surface area contributed by atoms with E-state index in [-0.39, 0.29) is 27.6 Å². The summed E-state index contributed by atoms with van der Waals surface area (Å²) >= 11 is 11.8.